The number of benzene rings is 2. The van der Waals surface area contributed by atoms with E-state index >= 15 is 0 Å². The Kier molecular flexibility index (Phi) is 4.71. The fourth-order valence-electron chi connectivity index (χ4n) is 3.82. The van der Waals surface area contributed by atoms with Crippen molar-refractivity contribution in [1.82, 2.24) is 15.5 Å². The lowest BCUT2D eigenvalue weighted by Crippen LogP contribution is -2.42. The maximum absolute atomic E-state index is 12.5. The number of para-hydroxylation sites is 1. The molecule has 0 aliphatic heterocycles. The van der Waals surface area contributed by atoms with Gasteiger partial charge in [0, 0.05) is 24.0 Å². The van der Waals surface area contributed by atoms with Gasteiger partial charge in [0.15, 0.2) is 0 Å². The van der Waals surface area contributed by atoms with Crippen LogP contribution in [0.1, 0.15) is 35.2 Å². The lowest BCUT2D eigenvalue weighted by molar-refractivity contribution is -0.122. The number of hydrogen-bond acceptors (Lipinski definition) is 3. The number of aryl methyl sites for hydroxylation is 1. The van der Waals surface area contributed by atoms with Crippen LogP contribution in [-0.2, 0) is 30.6 Å². The minimum atomic E-state index is -0.599. The number of nitrogens with one attached hydrogen (secondary N) is 2. The number of fused-ring (bicyclic) bond motifs is 2. The quantitative estimate of drug-likeness (QED) is 0.663. The smallest absolute Gasteiger partial charge is 0.237 e. The standard InChI is InChI=1S/C21H24N4O/c22-18(12-20-17-10-3-4-11-19(17)24-25-20)21(26)23-13-15-8-5-7-14-6-1-2-9-16(14)15/h3-5,7-8,10-11,18H,1-2,6,9,12-13,22H2,(H,23,26)(H,24,25). The van der Waals surface area contributed by atoms with Gasteiger partial charge in [-0.05, 0) is 48.4 Å². The van der Waals surface area contributed by atoms with E-state index < -0.39 is 6.04 Å². The van der Waals surface area contributed by atoms with Gasteiger partial charge >= 0.3 is 0 Å². The summed E-state index contributed by atoms with van der Waals surface area (Å²) in [6.45, 7) is 0.541. The average molecular weight is 348 g/mol. The first-order chi connectivity index (χ1) is 12.7. The van der Waals surface area contributed by atoms with Crippen molar-refractivity contribution in [1.29, 1.82) is 0 Å². The van der Waals surface area contributed by atoms with E-state index in [-0.39, 0.29) is 5.91 Å². The maximum Gasteiger partial charge on any atom is 0.237 e. The maximum atomic E-state index is 12.5. The number of hydrogen-bond donors (Lipinski definition) is 3. The molecular formula is C21H24N4O. The van der Waals surface area contributed by atoms with Gasteiger partial charge in [-0.15, -0.1) is 0 Å². The van der Waals surface area contributed by atoms with Gasteiger partial charge in [0.25, 0.3) is 0 Å². The Bertz CT molecular complexity index is 931. The first-order valence-electron chi connectivity index (χ1n) is 9.27. The Morgan fingerprint density at radius 3 is 2.92 bits per heavy atom. The van der Waals surface area contributed by atoms with Crippen LogP contribution in [0, 0.1) is 0 Å². The average Bonchev–Trinajstić information content (AvgIpc) is 3.09. The van der Waals surface area contributed by atoms with Gasteiger partial charge < -0.3 is 11.1 Å². The van der Waals surface area contributed by atoms with Crippen LogP contribution in [0.5, 0.6) is 0 Å². The lowest BCUT2D eigenvalue weighted by Gasteiger charge is -2.20. The molecule has 1 aliphatic rings. The van der Waals surface area contributed by atoms with Crippen molar-refractivity contribution in [2.45, 2.75) is 44.7 Å². The Morgan fingerprint density at radius 2 is 2.00 bits per heavy atom. The summed E-state index contributed by atoms with van der Waals surface area (Å²) in [4.78, 5) is 12.5. The van der Waals surface area contributed by atoms with Crippen LogP contribution >= 0.6 is 0 Å². The zero-order chi connectivity index (χ0) is 17.9. The molecule has 5 heteroatoms. The van der Waals surface area contributed by atoms with Crippen molar-refractivity contribution in [2.75, 3.05) is 0 Å². The topological polar surface area (TPSA) is 83.8 Å². The van der Waals surface area contributed by atoms with Crippen LogP contribution in [0.15, 0.2) is 42.5 Å². The highest BCUT2D eigenvalue weighted by molar-refractivity contribution is 5.84. The van der Waals surface area contributed by atoms with Gasteiger partial charge in [-0.25, -0.2) is 0 Å². The Labute approximate surface area is 153 Å². The minimum absolute atomic E-state index is 0.128. The van der Waals surface area contributed by atoms with Crippen LogP contribution in [-0.4, -0.2) is 22.1 Å². The molecular weight excluding hydrogens is 324 g/mol. The third-order valence-electron chi connectivity index (χ3n) is 5.25. The number of rotatable bonds is 5. The van der Waals surface area contributed by atoms with E-state index in [4.69, 9.17) is 5.73 Å². The summed E-state index contributed by atoms with van der Waals surface area (Å²) in [6, 6.07) is 13.6. The van der Waals surface area contributed by atoms with Crippen molar-refractivity contribution < 1.29 is 4.79 Å². The molecule has 134 valence electrons. The third-order valence-corrected chi connectivity index (χ3v) is 5.25. The first kappa shape index (κ1) is 16.8. The minimum Gasteiger partial charge on any atom is -0.351 e. The van der Waals surface area contributed by atoms with Gasteiger partial charge in [0.1, 0.15) is 0 Å². The number of carbonyl (C=O) groups excluding carboxylic acids is 1. The van der Waals surface area contributed by atoms with Crippen LogP contribution in [0.4, 0.5) is 0 Å². The molecule has 0 saturated carbocycles. The predicted octanol–water partition coefficient (Wildman–Crippen LogP) is 2.63. The van der Waals surface area contributed by atoms with E-state index in [9.17, 15) is 4.79 Å². The van der Waals surface area contributed by atoms with Crippen molar-refractivity contribution in [3.8, 4) is 0 Å². The van der Waals surface area contributed by atoms with Crippen molar-refractivity contribution in [3.63, 3.8) is 0 Å². The molecule has 1 aliphatic carbocycles. The zero-order valence-corrected chi connectivity index (χ0v) is 14.8. The van der Waals surface area contributed by atoms with E-state index in [1.54, 1.807) is 0 Å². The number of nitrogens with zero attached hydrogens (tertiary/aromatic N) is 1. The molecule has 0 saturated heterocycles. The molecule has 26 heavy (non-hydrogen) atoms. The molecule has 3 aromatic rings. The van der Waals surface area contributed by atoms with Crippen molar-refractivity contribution >= 4 is 16.8 Å². The second-order valence-electron chi connectivity index (χ2n) is 7.01. The predicted molar refractivity (Wildman–Crippen MR) is 103 cm³/mol. The van der Waals surface area contributed by atoms with E-state index in [0.29, 0.717) is 13.0 Å². The summed E-state index contributed by atoms with van der Waals surface area (Å²) in [7, 11) is 0. The number of aromatic nitrogens is 2. The summed E-state index contributed by atoms with van der Waals surface area (Å²) in [5, 5.41) is 11.3. The Morgan fingerprint density at radius 1 is 1.15 bits per heavy atom. The molecule has 1 aromatic heterocycles. The molecule has 0 spiro atoms. The monoisotopic (exact) mass is 348 g/mol. The summed E-state index contributed by atoms with van der Waals surface area (Å²) >= 11 is 0. The normalized spacial score (nSPS) is 14.8. The largest absolute Gasteiger partial charge is 0.351 e. The second kappa shape index (κ2) is 7.30. The number of nitrogens with two attached hydrogens (primary N) is 1. The molecule has 1 amide bonds. The molecule has 2 aromatic carbocycles. The number of H-pyrrole nitrogens is 1. The zero-order valence-electron chi connectivity index (χ0n) is 14.8. The van der Waals surface area contributed by atoms with Gasteiger partial charge in [-0.3, -0.25) is 9.89 Å². The summed E-state index contributed by atoms with van der Waals surface area (Å²) in [5.74, 6) is -0.128. The number of carbonyl (C=O) groups is 1. The highest BCUT2D eigenvalue weighted by Crippen LogP contribution is 2.24. The SMILES string of the molecule is NC(Cc1[nH]nc2ccccc12)C(=O)NCc1cccc2c1CCCC2. The first-order valence-corrected chi connectivity index (χ1v) is 9.27. The Hall–Kier alpha value is -2.66. The fourth-order valence-corrected chi connectivity index (χ4v) is 3.82. The summed E-state index contributed by atoms with van der Waals surface area (Å²) in [5.41, 5.74) is 12.0. The van der Waals surface area contributed by atoms with Gasteiger partial charge in [0.05, 0.1) is 11.6 Å². The summed E-state index contributed by atoms with van der Waals surface area (Å²) in [6.07, 6.45) is 5.17. The van der Waals surface area contributed by atoms with E-state index in [2.05, 4.69) is 33.7 Å². The highest BCUT2D eigenvalue weighted by Gasteiger charge is 2.18. The van der Waals surface area contributed by atoms with Crippen LogP contribution in [0.3, 0.4) is 0 Å². The van der Waals surface area contributed by atoms with E-state index in [0.717, 1.165) is 29.4 Å². The lowest BCUT2D eigenvalue weighted by atomic mass is 9.88. The van der Waals surface area contributed by atoms with Gasteiger partial charge in [-0.2, -0.15) is 5.10 Å². The molecule has 5 nitrogen and oxygen atoms in total. The van der Waals surface area contributed by atoms with Crippen molar-refractivity contribution in [2.24, 2.45) is 5.73 Å². The van der Waals surface area contributed by atoms with Crippen LogP contribution in [0.2, 0.25) is 0 Å². The fraction of sp³-hybridized carbons (Fsp3) is 0.333. The van der Waals surface area contributed by atoms with E-state index in [1.807, 2.05) is 24.3 Å². The molecule has 1 heterocycles. The van der Waals surface area contributed by atoms with Crippen LogP contribution < -0.4 is 11.1 Å². The van der Waals surface area contributed by atoms with Crippen molar-refractivity contribution in [3.05, 3.63) is 64.8 Å². The highest BCUT2D eigenvalue weighted by atomic mass is 16.2. The molecule has 1 unspecified atom stereocenters. The number of aromatic amines is 1. The van der Waals surface area contributed by atoms with Gasteiger partial charge in [-0.1, -0.05) is 36.4 Å². The number of amides is 1. The second-order valence-corrected chi connectivity index (χ2v) is 7.01. The molecule has 1 atom stereocenters. The molecule has 4 rings (SSSR count). The Balaban J connectivity index is 1.41. The third kappa shape index (κ3) is 3.35. The molecule has 0 radical (unpaired) electrons. The van der Waals surface area contributed by atoms with Crippen LogP contribution in [0.25, 0.3) is 10.9 Å². The molecule has 0 fully saturated rings. The molecule has 4 N–H and O–H groups in total. The molecule has 0 bridgehead atoms. The van der Waals surface area contributed by atoms with E-state index in [1.165, 1.54) is 29.5 Å². The summed E-state index contributed by atoms with van der Waals surface area (Å²) < 4.78 is 0. The van der Waals surface area contributed by atoms with Gasteiger partial charge in [0.2, 0.25) is 5.91 Å².